The number of nitriles is 1. The lowest BCUT2D eigenvalue weighted by molar-refractivity contribution is 0.328. The molecule has 0 unspecified atom stereocenters. The number of benzene rings is 1. The Morgan fingerprint density at radius 2 is 2.04 bits per heavy atom. The van der Waals surface area contributed by atoms with Crippen LogP contribution < -0.4 is 5.73 Å². The van der Waals surface area contributed by atoms with Gasteiger partial charge in [-0.1, -0.05) is 30.3 Å². The number of nitrogen functional groups attached to an aromatic ring is 1. The Morgan fingerprint density at radius 3 is 2.71 bits per heavy atom. The second-order valence-electron chi connectivity index (χ2n) is 5.71. The number of hydrogen-bond donors (Lipinski definition) is 1. The Labute approximate surface area is 137 Å². The van der Waals surface area contributed by atoms with Gasteiger partial charge in [0, 0.05) is 6.42 Å². The van der Waals surface area contributed by atoms with Gasteiger partial charge in [-0.25, -0.2) is 9.07 Å². The summed E-state index contributed by atoms with van der Waals surface area (Å²) in [5, 5.41) is 17.7. The highest BCUT2D eigenvalue weighted by atomic mass is 19.1. The summed E-state index contributed by atoms with van der Waals surface area (Å²) in [6.07, 6.45) is -0.902. The van der Waals surface area contributed by atoms with Gasteiger partial charge in [0.15, 0.2) is 12.0 Å². The van der Waals surface area contributed by atoms with E-state index in [4.69, 9.17) is 11.0 Å². The standard InChI is InChI=1S/C16H14FN7/c1-9-11(8-18)14(19)24(21-9)16-20-15-12(17)7-13(23(15)22-16)10-5-3-2-4-6-10/h2-6,12-13H,7,19H2,1H3/t12-,13-/m0/s1. The molecule has 1 aliphatic rings. The molecule has 4 rings (SSSR count). The summed E-state index contributed by atoms with van der Waals surface area (Å²) >= 11 is 0. The fraction of sp³-hybridized carbons (Fsp3) is 0.250. The molecule has 0 saturated carbocycles. The molecule has 0 spiro atoms. The summed E-state index contributed by atoms with van der Waals surface area (Å²) < 4.78 is 17.3. The van der Waals surface area contributed by atoms with Gasteiger partial charge in [-0.05, 0) is 12.5 Å². The van der Waals surface area contributed by atoms with E-state index in [-0.39, 0.29) is 29.2 Å². The first-order chi connectivity index (χ1) is 11.6. The molecule has 7 nitrogen and oxygen atoms in total. The van der Waals surface area contributed by atoms with Gasteiger partial charge >= 0.3 is 0 Å². The zero-order valence-corrected chi connectivity index (χ0v) is 12.9. The number of nitrogens with two attached hydrogens (primary N) is 1. The minimum atomic E-state index is -1.20. The Kier molecular flexibility index (Phi) is 3.09. The van der Waals surface area contributed by atoms with Crippen LogP contribution in [0.4, 0.5) is 10.2 Å². The third-order valence-electron chi connectivity index (χ3n) is 4.23. The van der Waals surface area contributed by atoms with Crippen LogP contribution in [-0.4, -0.2) is 24.5 Å². The molecule has 2 N–H and O–H groups in total. The average molecular weight is 323 g/mol. The first kappa shape index (κ1) is 14.4. The maximum Gasteiger partial charge on any atom is 0.271 e. The molecular weight excluding hydrogens is 309 g/mol. The van der Waals surface area contributed by atoms with Gasteiger partial charge in [0.25, 0.3) is 5.95 Å². The highest BCUT2D eigenvalue weighted by molar-refractivity contribution is 5.54. The van der Waals surface area contributed by atoms with Crippen molar-refractivity contribution in [3.8, 4) is 12.0 Å². The highest BCUT2D eigenvalue weighted by Crippen LogP contribution is 2.39. The molecule has 8 heteroatoms. The first-order valence-corrected chi connectivity index (χ1v) is 7.51. The van der Waals surface area contributed by atoms with E-state index >= 15 is 0 Å². The number of hydrogen-bond acceptors (Lipinski definition) is 5. The number of aryl methyl sites for hydroxylation is 1. The molecule has 0 bridgehead atoms. The number of anilines is 1. The fourth-order valence-electron chi connectivity index (χ4n) is 3.05. The number of aromatic nitrogens is 5. The molecule has 1 aliphatic heterocycles. The minimum absolute atomic E-state index is 0.158. The Bertz CT molecular complexity index is 951. The van der Waals surface area contributed by atoms with E-state index in [2.05, 4.69) is 15.2 Å². The number of halogens is 1. The second kappa shape index (κ2) is 5.16. The van der Waals surface area contributed by atoms with Crippen LogP contribution in [0, 0.1) is 18.3 Å². The highest BCUT2D eigenvalue weighted by Gasteiger charge is 2.36. The molecule has 120 valence electrons. The van der Waals surface area contributed by atoms with Crippen molar-refractivity contribution in [1.82, 2.24) is 24.5 Å². The van der Waals surface area contributed by atoms with Gasteiger partial charge in [0.2, 0.25) is 0 Å². The predicted molar refractivity (Wildman–Crippen MR) is 84.1 cm³/mol. The predicted octanol–water partition coefficient (Wildman–Crippen LogP) is 2.23. The zero-order valence-electron chi connectivity index (χ0n) is 12.9. The molecule has 24 heavy (non-hydrogen) atoms. The quantitative estimate of drug-likeness (QED) is 0.779. The maximum absolute atomic E-state index is 14.4. The van der Waals surface area contributed by atoms with Crippen LogP contribution in [0.1, 0.15) is 41.3 Å². The van der Waals surface area contributed by atoms with E-state index in [0.29, 0.717) is 12.1 Å². The Hall–Kier alpha value is -3.21. The van der Waals surface area contributed by atoms with Crippen LogP contribution in [0.3, 0.4) is 0 Å². The molecule has 0 radical (unpaired) electrons. The van der Waals surface area contributed by atoms with E-state index < -0.39 is 6.17 Å². The van der Waals surface area contributed by atoms with E-state index in [1.54, 1.807) is 11.6 Å². The van der Waals surface area contributed by atoms with Gasteiger partial charge in [-0.15, -0.1) is 5.10 Å². The van der Waals surface area contributed by atoms with Crippen LogP contribution in [0.25, 0.3) is 5.95 Å². The summed E-state index contributed by atoms with van der Waals surface area (Å²) in [6, 6.07) is 11.4. The average Bonchev–Trinajstić information content (AvgIpc) is 3.22. The molecule has 2 atom stereocenters. The summed E-state index contributed by atoms with van der Waals surface area (Å²) in [5.74, 6) is 0.589. The van der Waals surface area contributed by atoms with Crippen LogP contribution in [-0.2, 0) is 0 Å². The van der Waals surface area contributed by atoms with Crippen molar-refractivity contribution in [2.45, 2.75) is 25.6 Å². The SMILES string of the molecule is Cc1nn(-c2nc3n(n2)[C@H](c2ccccc2)C[C@@H]3F)c(N)c1C#N. The third-order valence-corrected chi connectivity index (χ3v) is 4.23. The lowest BCUT2D eigenvalue weighted by Gasteiger charge is -2.11. The first-order valence-electron chi connectivity index (χ1n) is 7.51. The second-order valence-corrected chi connectivity index (χ2v) is 5.71. The number of alkyl halides is 1. The van der Waals surface area contributed by atoms with Gasteiger partial charge in [-0.2, -0.15) is 20.0 Å². The Balaban J connectivity index is 1.81. The Morgan fingerprint density at radius 1 is 1.29 bits per heavy atom. The fourth-order valence-corrected chi connectivity index (χ4v) is 3.05. The van der Waals surface area contributed by atoms with Crippen molar-refractivity contribution < 1.29 is 4.39 Å². The van der Waals surface area contributed by atoms with Crippen molar-refractivity contribution in [3.05, 3.63) is 53.0 Å². The van der Waals surface area contributed by atoms with E-state index in [0.717, 1.165) is 5.56 Å². The molecular formula is C16H14FN7. The molecule has 3 aromatic rings. The lowest BCUT2D eigenvalue weighted by Crippen LogP contribution is -2.10. The summed E-state index contributed by atoms with van der Waals surface area (Å²) in [5.41, 5.74) is 7.68. The molecule has 1 aromatic carbocycles. The van der Waals surface area contributed by atoms with E-state index in [1.807, 2.05) is 36.4 Å². The van der Waals surface area contributed by atoms with E-state index in [1.165, 1.54) is 4.68 Å². The van der Waals surface area contributed by atoms with Gasteiger partial charge in [0.1, 0.15) is 17.5 Å². The van der Waals surface area contributed by atoms with Crippen molar-refractivity contribution >= 4 is 5.82 Å². The smallest absolute Gasteiger partial charge is 0.271 e. The molecule has 0 saturated heterocycles. The van der Waals surface area contributed by atoms with E-state index in [9.17, 15) is 4.39 Å². The topological polar surface area (TPSA) is 98.3 Å². The van der Waals surface area contributed by atoms with Crippen LogP contribution >= 0.6 is 0 Å². The monoisotopic (exact) mass is 323 g/mol. The number of nitrogens with zero attached hydrogens (tertiary/aromatic N) is 6. The molecule has 0 fully saturated rings. The lowest BCUT2D eigenvalue weighted by atomic mass is 10.0. The minimum Gasteiger partial charge on any atom is -0.382 e. The summed E-state index contributed by atoms with van der Waals surface area (Å²) in [7, 11) is 0. The number of rotatable bonds is 2. The molecule has 0 aliphatic carbocycles. The summed E-state index contributed by atoms with van der Waals surface area (Å²) in [4.78, 5) is 4.26. The van der Waals surface area contributed by atoms with Crippen molar-refractivity contribution in [2.24, 2.45) is 0 Å². The normalized spacial score (nSPS) is 19.2. The van der Waals surface area contributed by atoms with Crippen LogP contribution in [0.15, 0.2) is 30.3 Å². The molecule has 0 amide bonds. The molecule has 3 heterocycles. The number of fused-ring (bicyclic) bond motifs is 1. The van der Waals surface area contributed by atoms with Crippen LogP contribution in [0.5, 0.6) is 0 Å². The van der Waals surface area contributed by atoms with Gasteiger partial charge in [-0.3, -0.25) is 0 Å². The maximum atomic E-state index is 14.4. The van der Waals surface area contributed by atoms with Crippen LogP contribution in [0.2, 0.25) is 0 Å². The van der Waals surface area contributed by atoms with Crippen molar-refractivity contribution in [3.63, 3.8) is 0 Å². The largest absolute Gasteiger partial charge is 0.382 e. The van der Waals surface area contributed by atoms with Crippen molar-refractivity contribution in [2.75, 3.05) is 5.73 Å². The zero-order chi connectivity index (χ0) is 16.8. The summed E-state index contributed by atoms with van der Waals surface area (Å²) in [6.45, 7) is 1.68. The molecule has 2 aromatic heterocycles. The van der Waals surface area contributed by atoms with Gasteiger partial charge < -0.3 is 5.73 Å². The van der Waals surface area contributed by atoms with Gasteiger partial charge in [0.05, 0.1) is 11.7 Å². The van der Waals surface area contributed by atoms with Crippen molar-refractivity contribution in [1.29, 1.82) is 5.26 Å². The third kappa shape index (κ3) is 1.98.